The molecule has 3 nitrogen and oxygen atoms in total. The fraction of sp³-hybridized carbons (Fsp3) is 0.800. The maximum absolute atomic E-state index is 11.1. The van der Waals surface area contributed by atoms with Gasteiger partial charge in [-0.1, -0.05) is 6.92 Å². The Labute approximate surface area is 78.9 Å². The number of hydrogen-bond acceptors (Lipinski definition) is 3. The number of aliphatic hydroxyl groups excluding tert-OH is 1. The summed E-state index contributed by atoms with van der Waals surface area (Å²) in [5.41, 5.74) is 0.983. The number of nitrogens with zero attached hydrogens (tertiary/aromatic N) is 1. The Kier molecular flexibility index (Phi) is 4.09. The van der Waals surface area contributed by atoms with Gasteiger partial charge < -0.3 is 5.11 Å². The van der Waals surface area contributed by atoms with Crippen LogP contribution >= 0.6 is 0 Å². The van der Waals surface area contributed by atoms with Crippen LogP contribution in [0.15, 0.2) is 4.99 Å². The smallest absolute Gasteiger partial charge is 0.138 e. The standard InChI is InChI=1S/C10H17NO2/c1-2-8(7-12)11-9-4-3-5-10(13)6-9/h8,12H,2-7H2,1H3/t8-/m0/s1. The summed E-state index contributed by atoms with van der Waals surface area (Å²) in [7, 11) is 0. The van der Waals surface area contributed by atoms with E-state index < -0.39 is 0 Å². The van der Waals surface area contributed by atoms with Crippen LogP contribution in [0.1, 0.15) is 39.0 Å². The lowest BCUT2D eigenvalue weighted by Gasteiger charge is -2.14. The van der Waals surface area contributed by atoms with E-state index in [0.29, 0.717) is 12.8 Å². The molecule has 1 rings (SSSR count). The molecule has 3 heteroatoms. The average molecular weight is 183 g/mol. The molecule has 1 N–H and O–H groups in total. The number of ketones is 1. The molecule has 1 fully saturated rings. The van der Waals surface area contributed by atoms with Crippen LogP contribution in [0.25, 0.3) is 0 Å². The first-order valence-electron chi connectivity index (χ1n) is 4.94. The second-order valence-electron chi connectivity index (χ2n) is 3.51. The number of Topliss-reactive ketones (excluding diaryl/α,β-unsaturated/α-hetero) is 1. The van der Waals surface area contributed by atoms with E-state index in [1.165, 1.54) is 0 Å². The highest BCUT2D eigenvalue weighted by atomic mass is 16.3. The van der Waals surface area contributed by atoms with Crippen molar-refractivity contribution in [2.75, 3.05) is 6.61 Å². The van der Waals surface area contributed by atoms with Crippen LogP contribution in [-0.2, 0) is 4.79 Å². The molecule has 0 aromatic heterocycles. The Bertz CT molecular complexity index is 207. The molecule has 0 bridgehead atoms. The first-order valence-corrected chi connectivity index (χ1v) is 4.94. The molecular weight excluding hydrogens is 166 g/mol. The summed E-state index contributed by atoms with van der Waals surface area (Å²) < 4.78 is 0. The number of hydrogen-bond donors (Lipinski definition) is 1. The summed E-state index contributed by atoms with van der Waals surface area (Å²) in [6.45, 7) is 2.09. The SMILES string of the molecule is CC[C@@H](CO)N=C1CCCC(=O)C1. The van der Waals surface area contributed by atoms with Crippen LogP contribution in [-0.4, -0.2) is 29.3 Å². The Hall–Kier alpha value is -0.700. The molecule has 0 aromatic carbocycles. The third-order valence-corrected chi connectivity index (χ3v) is 2.37. The highest BCUT2D eigenvalue weighted by Crippen LogP contribution is 2.13. The van der Waals surface area contributed by atoms with Gasteiger partial charge in [-0.05, 0) is 19.3 Å². The van der Waals surface area contributed by atoms with Crippen molar-refractivity contribution in [2.24, 2.45) is 4.99 Å². The quantitative estimate of drug-likeness (QED) is 0.717. The number of rotatable bonds is 3. The van der Waals surface area contributed by atoms with Crippen LogP contribution in [0.4, 0.5) is 0 Å². The van der Waals surface area contributed by atoms with Gasteiger partial charge in [-0.3, -0.25) is 9.79 Å². The summed E-state index contributed by atoms with van der Waals surface area (Å²) in [5.74, 6) is 0.290. The monoisotopic (exact) mass is 183 g/mol. The van der Waals surface area contributed by atoms with Crippen molar-refractivity contribution in [3.05, 3.63) is 0 Å². The molecule has 0 unspecified atom stereocenters. The first-order chi connectivity index (χ1) is 6.26. The molecule has 0 radical (unpaired) electrons. The molecule has 74 valence electrons. The maximum atomic E-state index is 11.1. The Balaban J connectivity index is 2.53. The molecule has 1 atom stereocenters. The highest BCUT2D eigenvalue weighted by Gasteiger charge is 2.15. The van der Waals surface area contributed by atoms with Crippen molar-refractivity contribution in [3.8, 4) is 0 Å². The van der Waals surface area contributed by atoms with E-state index >= 15 is 0 Å². The van der Waals surface area contributed by atoms with Gasteiger partial charge in [-0.15, -0.1) is 0 Å². The molecule has 0 heterocycles. The van der Waals surface area contributed by atoms with Crippen molar-refractivity contribution in [2.45, 2.75) is 45.1 Å². The largest absolute Gasteiger partial charge is 0.394 e. The van der Waals surface area contributed by atoms with Gasteiger partial charge in [0.1, 0.15) is 5.78 Å². The van der Waals surface area contributed by atoms with E-state index in [2.05, 4.69) is 4.99 Å². The van der Waals surface area contributed by atoms with Gasteiger partial charge in [0.05, 0.1) is 12.6 Å². The molecule has 0 amide bonds. The summed E-state index contributed by atoms with van der Waals surface area (Å²) >= 11 is 0. The summed E-state index contributed by atoms with van der Waals surface area (Å²) in [4.78, 5) is 15.5. The van der Waals surface area contributed by atoms with Gasteiger partial charge in [-0.25, -0.2) is 0 Å². The zero-order valence-corrected chi connectivity index (χ0v) is 8.12. The normalized spacial score (nSPS) is 23.5. The van der Waals surface area contributed by atoms with Gasteiger partial charge in [-0.2, -0.15) is 0 Å². The van der Waals surface area contributed by atoms with Gasteiger partial charge in [0.25, 0.3) is 0 Å². The number of aliphatic hydroxyl groups is 1. The van der Waals surface area contributed by atoms with Crippen LogP contribution in [0, 0.1) is 0 Å². The van der Waals surface area contributed by atoms with E-state index in [1.54, 1.807) is 0 Å². The molecule has 1 saturated carbocycles. The van der Waals surface area contributed by atoms with E-state index in [-0.39, 0.29) is 18.4 Å². The van der Waals surface area contributed by atoms with Crippen LogP contribution < -0.4 is 0 Å². The lowest BCUT2D eigenvalue weighted by atomic mass is 9.97. The third-order valence-electron chi connectivity index (χ3n) is 2.37. The third kappa shape index (κ3) is 3.27. The van der Waals surface area contributed by atoms with E-state index in [1.807, 2.05) is 6.92 Å². The average Bonchev–Trinajstić information content (AvgIpc) is 2.14. The molecule has 1 aliphatic carbocycles. The lowest BCUT2D eigenvalue weighted by Crippen LogP contribution is -2.18. The van der Waals surface area contributed by atoms with Crippen molar-refractivity contribution in [1.82, 2.24) is 0 Å². The van der Waals surface area contributed by atoms with Crippen molar-refractivity contribution >= 4 is 11.5 Å². The maximum Gasteiger partial charge on any atom is 0.138 e. The summed E-state index contributed by atoms with van der Waals surface area (Å²) in [6, 6.07) is 0.000833. The van der Waals surface area contributed by atoms with Crippen molar-refractivity contribution in [3.63, 3.8) is 0 Å². The molecule has 0 spiro atoms. The van der Waals surface area contributed by atoms with Crippen LogP contribution in [0.5, 0.6) is 0 Å². The zero-order valence-electron chi connectivity index (χ0n) is 8.12. The number of aliphatic imine (C=N–C) groups is 1. The number of carbonyl (C=O) groups excluding carboxylic acids is 1. The molecule has 0 aliphatic heterocycles. The fourth-order valence-electron chi connectivity index (χ4n) is 1.52. The fourth-order valence-corrected chi connectivity index (χ4v) is 1.52. The molecule has 1 aliphatic rings. The van der Waals surface area contributed by atoms with Crippen molar-refractivity contribution < 1.29 is 9.90 Å². The minimum atomic E-state index is 0.000833. The van der Waals surface area contributed by atoms with Crippen LogP contribution in [0.3, 0.4) is 0 Å². The predicted octanol–water partition coefficient (Wildman–Crippen LogP) is 1.34. The van der Waals surface area contributed by atoms with Crippen molar-refractivity contribution in [1.29, 1.82) is 0 Å². The van der Waals surface area contributed by atoms with E-state index in [4.69, 9.17) is 5.11 Å². The van der Waals surface area contributed by atoms with Gasteiger partial charge in [0.2, 0.25) is 0 Å². The molecular formula is C10H17NO2. The molecule has 13 heavy (non-hydrogen) atoms. The van der Waals surface area contributed by atoms with Crippen LogP contribution in [0.2, 0.25) is 0 Å². The Morgan fingerprint density at radius 2 is 2.31 bits per heavy atom. The molecule has 0 saturated heterocycles. The van der Waals surface area contributed by atoms with E-state index in [0.717, 1.165) is 25.0 Å². The van der Waals surface area contributed by atoms with Gasteiger partial charge in [0.15, 0.2) is 0 Å². The second-order valence-corrected chi connectivity index (χ2v) is 3.51. The Morgan fingerprint density at radius 1 is 1.54 bits per heavy atom. The second kappa shape index (κ2) is 5.12. The van der Waals surface area contributed by atoms with E-state index in [9.17, 15) is 4.79 Å². The van der Waals surface area contributed by atoms with Gasteiger partial charge >= 0.3 is 0 Å². The Morgan fingerprint density at radius 3 is 2.85 bits per heavy atom. The zero-order chi connectivity index (χ0) is 9.68. The highest BCUT2D eigenvalue weighted by molar-refractivity contribution is 6.04. The lowest BCUT2D eigenvalue weighted by molar-refractivity contribution is -0.118. The molecule has 0 aromatic rings. The summed E-state index contributed by atoms with van der Waals surface area (Å²) in [6.07, 6.45) is 3.92. The first kappa shape index (κ1) is 10.4. The summed E-state index contributed by atoms with van der Waals surface area (Å²) in [5, 5.41) is 8.93. The topological polar surface area (TPSA) is 49.7 Å². The number of carbonyl (C=O) groups is 1. The minimum Gasteiger partial charge on any atom is -0.394 e. The van der Waals surface area contributed by atoms with Gasteiger partial charge in [0, 0.05) is 18.6 Å². The predicted molar refractivity (Wildman–Crippen MR) is 52.1 cm³/mol. The minimum absolute atomic E-state index is 0.000833.